The summed E-state index contributed by atoms with van der Waals surface area (Å²) in [6, 6.07) is 17.9. The highest BCUT2D eigenvalue weighted by molar-refractivity contribution is 7.71. The van der Waals surface area contributed by atoms with Crippen LogP contribution in [-0.4, -0.2) is 9.55 Å². The van der Waals surface area contributed by atoms with Gasteiger partial charge >= 0.3 is 0 Å². The van der Waals surface area contributed by atoms with E-state index in [0.29, 0.717) is 10.3 Å². The third kappa shape index (κ3) is 2.39. The van der Waals surface area contributed by atoms with E-state index in [0.717, 1.165) is 22.5 Å². The van der Waals surface area contributed by atoms with Crippen LogP contribution in [0, 0.1) is 23.0 Å². The molecule has 21 heavy (non-hydrogen) atoms. The molecule has 3 aromatic rings. The number of imidazole rings is 1. The number of hydrogen-bond donors (Lipinski definition) is 1. The molecule has 0 atom stereocenters. The lowest BCUT2D eigenvalue weighted by Gasteiger charge is -2.11. The van der Waals surface area contributed by atoms with E-state index in [1.807, 2.05) is 66.2 Å². The fraction of sp³-hybridized carbons (Fsp3) is 0.0588. The molecule has 0 aliphatic carbocycles. The summed E-state index contributed by atoms with van der Waals surface area (Å²) in [5, 5.41) is 9.11. The number of nitrogens with one attached hydrogen (secondary N) is 1. The molecule has 0 fully saturated rings. The Balaban J connectivity index is 2.28. The maximum absolute atomic E-state index is 9.11. The van der Waals surface area contributed by atoms with E-state index in [2.05, 4.69) is 11.1 Å². The lowest BCUT2D eigenvalue weighted by atomic mass is 10.1. The normalized spacial score (nSPS) is 10.3. The molecule has 0 saturated carbocycles. The van der Waals surface area contributed by atoms with Crippen molar-refractivity contribution in [3.63, 3.8) is 0 Å². The molecule has 0 aliphatic rings. The summed E-state index contributed by atoms with van der Waals surface area (Å²) in [5.41, 5.74) is 4.68. The van der Waals surface area contributed by atoms with E-state index in [4.69, 9.17) is 17.5 Å². The molecular weight excluding hydrogens is 278 g/mol. The molecule has 102 valence electrons. The van der Waals surface area contributed by atoms with Crippen LogP contribution in [0.4, 0.5) is 0 Å². The summed E-state index contributed by atoms with van der Waals surface area (Å²) >= 11 is 5.42. The first-order valence-corrected chi connectivity index (χ1v) is 6.98. The minimum absolute atomic E-state index is 0.618. The van der Waals surface area contributed by atoms with Crippen molar-refractivity contribution in [2.45, 2.75) is 6.92 Å². The Morgan fingerprint density at radius 1 is 1.14 bits per heavy atom. The highest BCUT2D eigenvalue weighted by Crippen LogP contribution is 2.25. The Labute approximate surface area is 128 Å². The van der Waals surface area contributed by atoms with Gasteiger partial charge in [-0.25, -0.2) is 0 Å². The van der Waals surface area contributed by atoms with Gasteiger partial charge in [0, 0.05) is 11.8 Å². The number of rotatable bonds is 2. The topological polar surface area (TPSA) is 44.5 Å². The van der Waals surface area contributed by atoms with Crippen LogP contribution in [0.3, 0.4) is 0 Å². The van der Waals surface area contributed by atoms with Gasteiger partial charge in [0.15, 0.2) is 4.77 Å². The van der Waals surface area contributed by atoms with Crippen molar-refractivity contribution in [1.82, 2.24) is 9.55 Å². The van der Waals surface area contributed by atoms with Crippen LogP contribution in [0.15, 0.2) is 54.7 Å². The molecule has 0 aliphatic heterocycles. The van der Waals surface area contributed by atoms with Crippen molar-refractivity contribution in [2.75, 3.05) is 0 Å². The van der Waals surface area contributed by atoms with Crippen molar-refractivity contribution >= 4 is 12.2 Å². The third-order valence-electron chi connectivity index (χ3n) is 3.43. The van der Waals surface area contributed by atoms with Crippen LogP contribution < -0.4 is 0 Å². The number of aromatic nitrogens is 2. The van der Waals surface area contributed by atoms with Crippen LogP contribution in [0.2, 0.25) is 0 Å². The minimum atomic E-state index is 0.618. The standard InChI is InChI=1S/C17H13N3S/c1-12-7-8-13(10-18)9-15(12)20-16(11-19-17(20)21)14-5-3-2-4-6-14/h2-9,11H,1H3,(H,19,21). The summed E-state index contributed by atoms with van der Waals surface area (Å²) in [7, 11) is 0. The molecule has 1 heterocycles. The quantitative estimate of drug-likeness (QED) is 0.712. The zero-order valence-corrected chi connectivity index (χ0v) is 12.3. The Morgan fingerprint density at radius 3 is 2.62 bits per heavy atom. The summed E-state index contributed by atoms with van der Waals surface area (Å²) in [5.74, 6) is 0. The Morgan fingerprint density at radius 2 is 1.90 bits per heavy atom. The van der Waals surface area contributed by atoms with Gasteiger partial charge in [-0.15, -0.1) is 0 Å². The van der Waals surface area contributed by atoms with Crippen molar-refractivity contribution in [3.05, 3.63) is 70.6 Å². The molecule has 1 aromatic heterocycles. The molecule has 0 bridgehead atoms. The summed E-state index contributed by atoms with van der Waals surface area (Å²) in [4.78, 5) is 3.09. The van der Waals surface area contributed by atoms with E-state index < -0.39 is 0 Å². The van der Waals surface area contributed by atoms with E-state index in [9.17, 15) is 0 Å². The zero-order valence-electron chi connectivity index (χ0n) is 11.5. The van der Waals surface area contributed by atoms with Crippen LogP contribution in [0.5, 0.6) is 0 Å². The number of aryl methyl sites for hydroxylation is 1. The van der Waals surface area contributed by atoms with Gasteiger partial charge in [0.1, 0.15) is 0 Å². The zero-order chi connectivity index (χ0) is 14.8. The van der Waals surface area contributed by atoms with Gasteiger partial charge in [-0.1, -0.05) is 36.4 Å². The van der Waals surface area contributed by atoms with Gasteiger partial charge in [0.2, 0.25) is 0 Å². The average molecular weight is 291 g/mol. The van der Waals surface area contributed by atoms with Gasteiger partial charge in [-0.2, -0.15) is 5.26 Å². The second kappa shape index (κ2) is 5.39. The maximum atomic E-state index is 9.11. The van der Waals surface area contributed by atoms with Crippen molar-refractivity contribution in [3.8, 4) is 23.0 Å². The van der Waals surface area contributed by atoms with Crippen LogP contribution in [0.25, 0.3) is 16.9 Å². The predicted molar refractivity (Wildman–Crippen MR) is 85.8 cm³/mol. The SMILES string of the molecule is Cc1ccc(C#N)cc1-n1c(-c2ccccc2)c[nH]c1=S. The molecule has 0 amide bonds. The highest BCUT2D eigenvalue weighted by Gasteiger charge is 2.11. The Bertz CT molecular complexity index is 882. The van der Waals surface area contributed by atoms with Crippen LogP contribution >= 0.6 is 12.2 Å². The first-order chi connectivity index (χ1) is 10.2. The molecule has 3 nitrogen and oxygen atoms in total. The summed E-state index contributed by atoms with van der Waals surface area (Å²) in [6.45, 7) is 2.01. The van der Waals surface area contributed by atoms with Crippen LogP contribution in [-0.2, 0) is 0 Å². The number of nitriles is 1. The fourth-order valence-electron chi connectivity index (χ4n) is 2.35. The third-order valence-corrected chi connectivity index (χ3v) is 3.73. The Kier molecular flexibility index (Phi) is 3.43. The number of benzene rings is 2. The first kappa shape index (κ1) is 13.3. The molecule has 4 heteroatoms. The predicted octanol–water partition coefficient (Wildman–Crippen LogP) is 4.38. The molecule has 2 aromatic carbocycles. The van der Waals surface area contributed by atoms with E-state index in [1.54, 1.807) is 0 Å². The average Bonchev–Trinajstić information content (AvgIpc) is 2.90. The van der Waals surface area contributed by atoms with E-state index in [-0.39, 0.29) is 0 Å². The van der Waals surface area contributed by atoms with Crippen LogP contribution in [0.1, 0.15) is 11.1 Å². The second-order valence-electron chi connectivity index (χ2n) is 4.79. The first-order valence-electron chi connectivity index (χ1n) is 6.57. The molecule has 0 spiro atoms. The molecule has 1 N–H and O–H groups in total. The second-order valence-corrected chi connectivity index (χ2v) is 5.18. The van der Waals surface area contributed by atoms with Crippen molar-refractivity contribution in [2.24, 2.45) is 0 Å². The summed E-state index contributed by atoms with van der Waals surface area (Å²) in [6.07, 6.45) is 1.90. The van der Waals surface area contributed by atoms with Crippen molar-refractivity contribution in [1.29, 1.82) is 5.26 Å². The molecule has 0 unspecified atom stereocenters. The Hall–Kier alpha value is -2.64. The van der Waals surface area contributed by atoms with Gasteiger partial charge in [-0.3, -0.25) is 4.57 Å². The monoisotopic (exact) mass is 291 g/mol. The number of H-pyrrole nitrogens is 1. The largest absolute Gasteiger partial charge is 0.336 e. The molecule has 0 radical (unpaired) electrons. The lowest BCUT2D eigenvalue weighted by molar-refractivity contribution is 1.02. The summed E-state index contributed by atoms with van der Waals surface area (Å²) < 4.78 is 2.59. The van der Waals surface area contributed by atoms with Gasteiger partial charge in [0.05, 0.1) is 23.0 Å². The number of aromatic amines is 1. The van der Waals surface area contributed by atoms with Gasteiger partial charge < -0.3 is 4.98 Å². The number of hydrogen-bond acceptors (Lipinski definition) is 2. The molecule has 3 rings (SSSR count). The minimum Gasteiger partial charge on any atom is -0.336 e. The molecular formula is C17H13N3S. The smallest absolute Gasteiger partial charge is 0.182 e. The van der Waals surface area contributed by atoms with E-state index >= 15 is 0 Å². The fourth-order valence-corrected chi connectivity index (χ4v) is 2.60. The molecule has 0 saturated heterocycles. The highest BCUT2D eigenvalue weighted by atomic mass is 32.1. The number of nitrogens with zero attached hydrogens (tertiary/aromatic N) is 2. The lowest BCUT2D eigenvalue weighted by Crippen LogP contribution is -2.00. The maximum Gasteiger partial charge on any atom is 0.182 e. The van der Waals surface area contributed by atoms with Gasteiger partial charge in [0.25, 0.3) is 0 Å². The van der Waals surface area contributed by atoms with E-state index in [1.165, 1.54) is 0 Å². The van der Waals surface area contributed by atoms with Crippen molar-refractivity contribution < 1.29 is 0 Å². The van der Waals surface area contributed by atoms with Gasteiger partial charge in [-0.05, 0) is 36.8 Å².